The molecule has 0 fully saturated rings. The summed E-state index contributed by atoms with van der Waals surface area (Å²) in [6.07, 6.45) is 1.69. The summed E-state index contributed by atoms with van der Waals surface area (Å²) in [5.41, 5.74) is 1.59. The summed E-state index contributed by atoms with van der Waals surface area (Å²) in [6.45, 7) is 1.93. The molecule has 3 rings (SSSR count). The molecule has 0 unspecified atom stereocenters. The topological polar surface area (TPSA) is 75.9 Å². The Morgan fingerprint density at radius 1 is 1.33 bits per heavy atom. The third-order valence-corrected chi connectivity index (χ3v) is 4.21. The van der Waals surface area contributed by atoms with Crippen LogP contribution in [0.4, 0.5) is 10.2 Å². The average molecular weight is 389 g/mol. The van der Waals surface area contributed by atoms with Crippen molar-refractivity contribution in [2.45, 2.75) is 13.5 Å². The summed E-state index contributed by atoms with van der Waals surface area (Å²) < 4.78 is 15.4. The van der Waals surface area contributed by atoms with Crippen LogP contribution >= 0.6 is 11.6 Å². The highest BCUT2D eigenvalue weighted by atomic mass is 35.5. The van der Waals surface area contributed by atoms with Gasteiger partial charge in [-0.05, 0) is 31.2 Å². The Morgan fingerprint density at radius 2 is 2.11 bits per heavy atom. The lowest BCUT2D eigenvalue weighted by Gasteiger charge is -2.15. The Hall–Kier alpha value is -3.00. The summed E-state index contributed by atoms with van der Waals surface area (Å²) in [4.78, 5) is 18.7. The van der Waals surface area contributed by atoms with Crippen molar-refractivity contribution in [3.8, 4) is 5.69 Å². The number of carbonyl (C=O) groups is 1. The maximum atomic E-state index is 14.1. The molecule has 0 aliphatic rings. The van der Waals surface area contributed by atoms with Gasteiger partial charge in [0, 0.05) is 37.4 Å². The van der Waals surface area contributed by atoms with E-state index in [0.29, 0.717) is 5.69 Å². The molecular formula is C18H18ClFN6O. The van der Waals surface area contributed by atoms with E-state index in [9.17, 15) is 9.18 Å². The third kappa shape index (κ3) is 3.90. The Kier molecular flexibility index (Phi) is 5.36. The van der Waals surface area contributed by atoms with E-state index in [2.05, 4.69) is 20.6 Å². The lowest BCUT2D eigenvalue weighted by atomic mass is 10.2. The summed E-state index contributed by atoms with van der Waals surface area (Å²) in [6, 6.07) is 7.91. The van der Waals surface area contributed by atoms with E-state index in [1.165, 1.54) is 16.8 Å². The fourth-order valence-electron chi connectivity index (χ4n) is 2.65. The highest BCUT2D eigenvalue weighted by Gasteiger charge is 2.19. The molecule has 0 aliphatic carbocycles. The predicted octanol–water partition coefficient (Wildman–Crippen LogP) is 2.76. The summed E-state index contributed by atoms with van der Waals surface area (Å²) in [7, 11) is 3.76. The standard InChI is InChI=1S/C18H18ClFN6O/c1-11-16(23-24-26(11)15-7-6-13(19)9-14(15)20)18(27)22-10-12-5-4-8-21-17(12)25(2)3/h4-9H,10H2,1-3H3,(H,22,27). The van der Waals surface area contributed by atoms with Gasteiger partial charge in [0.05, 0.1) is 5.69 Å². The number of nitrogens with one attached hydrogen (secondary N) is 1. The first-order valence-electron chi connectivity index (χ1n) is 8.15. The number of benzene rings is 1. The van der Waals surface area contributed by atoms with Gasteiger partial charge in [0.2, 0.25) is 0 Å². The van der Waals surface area contributed by atoms with Gasteiger partial charge in [0.15, 0.2) is 5.69 Å². The Bertz CT molecular complexity index is 988. The number of nitrogens with zero attached hydrogens (tertiary/aromatic N) is 5. The first kappa shape index (κ1) is 18.8. The third-order valence-electron chi connectivity index (χ3n) is 3.98. The van der Waals surface area contributed by atoms with Gasteiger partial charge in [-0.2, -0.15) is 0 Å². The van der Waals surface area contributed by atoms with Crippen LogP contribution in [0, 0.1) is 12.7 Å². The second-order valence-electron chi connectivity index (χ2n) is 6.09. The number of amides is 1. The summed E-state index contributed by atoms with van der Waals surface area (Å²) in [5, 5.41) is 10.9. The molecule has 7 nitrogen and oxygen atoms in total. The lowest BCUT2D eigenvalue weighted by molar-refractivity contribution is 0.0945. The Balaban J connectivity index is 1.80. The molecule has 0 bridgehead atoms. The highest BCUT2D eigenvalue weighted by Crippen LogP contribution is 2.20. The van der Waals surface area contributed by atoms with Crippen molar-refractivity contribution in [2.24, 2.45) is 0 Å². The quantitative estimate of drug-likeness (QED) is 0.727. The molecule has 0 saturated heterocycles. The maximum absolute atomic E-state index is 14.1. The van der Waals surface area contributed by atoms with Crippen LogP contribution in [0.1, 0.15) is 21.7 Å². The number of halogens is 2. The van der Waals surface area contributed by atoms with Crippen LogP contribution in [0.15, 0.2) is 36.5 Å². The molecule has 2 heterocycles. The molecule has 0 aliphatic heterocycles. The lowest BCUT2D eigenvalue weighted by Crippen LogP contribution is -2.25. The molecule has 0 saturated carbocycles. The fourth-order valence-corrected chi connectivity index (χ4v) is 2.81. The first-order chi connectivity index (χ1) is 12.9. The van der Waals surface area contributed by atoms with E-state index >= 15 is 0 Å². The monoisotopic (exact) mass is 388 g/mol. The fraction of sp³-hybridized carbons (Fsp3) is 0.222. The van der Waals surface area contributed by atoms with E-state index in [1.807, 2.05) is 25.1 Å². The number of rotatable bonds is 5. The SMILES string of the molecule is Cc1c(C(=O)NCc2cccnc2N(C)C)nnn1-c1ccc(Cl)cc1F. The molecule has 9 heteroatoms. The van der Waals surface area contributed by atoms with Crippen LogP contribution in [0.3, 0.4) is 0 Å². The van der Waals surface area contributed by atoms with Crippen LogP contribution in [0.2, 0.25) is 5.02 Å². The first-order valence-corrected chi connectivity index (χ1v) is 8.53. The largest absolute Gasteiger partial charge is 0.362 e. The van der Waals surface area contributed by atoms with Crippen LogP contribution in [0.5, 0.6) is 0 Å². The second kappa shape index (κ2) is 7.71. The van der Waals surface area contributed by atoms with Gasteiger partial charge >= 0.3 is 0 Å². The molecule has 0 radical (unpaired) electrons. The van der Waals surface area contributed by atoms with Gasteiger partial charge in [0.25, 0.3) is 5.91 Å². The van der Waals surface area contributed by atoms with E-state index in [0.717, 1.165) is 11.4 Å². The number of hydrogen-bond donors (Lipinski definition) is 1. The van der Waals surface area contributed by atoms with Crippen molar-refractivity contribution in [2.75, 3.05) is 19.0 Å². The molecule has 3 aromatic rings. The van der Waals surface area contributed by atoms with Gasteiger partial charge in [-0.25, -0.2) is 14.1 Å². The average Bonchev–Trinajstić information content (AvgIpc) is 3.01. The van der Waals surface area contributed by atoms with Crippen LogP contribution in [-0.2, 0) is 6.54 Å². The summed E-state index contributed by atoms with van der Waals surface area (Å²) in [5.74, 6) is -0.184. The molecule has 1 aromatic carbocycles. The Labute approximate surface area is 160 Å². The van der Waals surface area contributed by atoms with Crippen LogP contribution in [0.25, 0.3) is 5.69 Å². The van der Waals surface area contributed by atoms with E-state index in [4.69, 9.17) is 11.6 Å². The number of pyridine rings is 1. The number of carbonyl (C=O) groups excluding carboxylic acids is 1. The molecule has 2 aromatic heterocycles. The van der Waals surface area contributed by atoms with Gasteiger partial charge in [-0.15, -0.1) is 5.10 Å². The van der Waals surface area contributed by atoms with Crippen molar-refractivity contribution in [1.29, 1.82) is 0 Å². The van der Waals surface area contributed by atoms with Crippen molar-refractivity contribution < 1.29 is 9.18 Å². The second-order valence-corrected chi connectivity index (χ2v) is 6.53. The zero-order valence-corrected chi connectivity index (χ0v) is 15.8. The molecule has 140 valence electrons. The maximum Gasteiger partial charge on any atom is 0.274 e. The van der Waals surface area contributed by atoms with Gasteiger partial charge in [-0.3, -0.25) is 4.79 Å². The minimum absolute atomic E-state index is 0.125. The molecule has 27 heavy (non-hydrogen) atoms. The Morgan fingerprint density at radius 3 is 2.81 bits per heavy atom. The number of aromatic nitrogens is 4. The van der Waals surface area contributed by atoms with E-state index in [-0.39, 0.29) is 22.9 Å². The van der Waals surface area contributed by atoms with Crippen LogP contribution < -0.4 is 10.2 Å². The van der Waals surface area contributed by atoms with Crippen molar-refractivity contribution in [1.82, 2.24) is 25.3 Å². The number of hydrogen-bond acceptors (Lipinski definition) is 5. The molecule has 0 spiro atoms. The molecular weight excluding hydrogens is 371 g/mol. The van der Waals surface area contributed by atoms with Gasteiger partial charge in [-0.1, -0.05) is 22.9 Å². The van der Waals surface area contributed by atoms with Crippen molar-refractivity contribution >= 4 is 23.3 Å². The van der Waals surface area contributed by atoms with E-state index < -0.39 is 11.7 Å². The predicted molar refractivity (Wildman–Crippen MR) is 101 cm³/mol. The smallest absolute Gasteiger partial charge is 0.274 e. The minimum Gasteiger partial charge on any atom is -0.362 e. The van der Waals surface area contributed by atoms with E-state index in [1.54, 1.807) is 25.3 Å². The van der Waals surface area contributed by atoms with Crippen molar-refractivity contribution in [3.63, 3.8) is 0 Å². The van der Waals surface area contributed by atoms with Crippen LogP contribution in [-0.4, -0.2) is 40.0 Å². The zero-order valence-electron chi connectivity index (χ0n) is 15.1. The molecule has 0 atom stereocenters. The molecule has 1 N–H and O–H groups in total. The normalized spacial score (nSPS) is 10.7. The molecule has 1 amide bonds. The number of anilines is 1. The van der Waals surface area contributed by atoms with Gasteiger partial charge < -0.3 is 10.2 Å². The summed E-state index contributed by atoms with van der Waals surface area (Å²) >= 11 is 5.78. The minimum atomic E-state index is -0.548. The highest BCUT2D eigenvalue weighted by molar-refractivity contribution is 6.30. The van der Waals surface area contributed by atoms with Gasteiger partial charge in [0.1, 0.15) is 17.3 Å². The zero-order chi connectivity index (χ0) is 19.6. The van der Waals surface area contributed by atoms with Crippen molar-refractivity contribution in [3.05, 3.63) is 64.3 Å².